The van der Waals surface area contributed by atoms with Crippen LogP contribution in [0.1, 0.15) is 17.2 Å². The molecule has 0 radical (unpaired) electrons. The van der Waals surface area contributed by atoms with E-state index in [1.807, 2.05) is 79.7 Å². The van der Waals surface area contributed by atoms with Gasteiger partial charge in [-0.2, -0.15) is 0 Å². The van der Waals surface area contributed by atoms with Crippen molar-refractivity contribution in [2.75, 3.05) is 11.9 Å². The van der Waals surface area contributed by atoms with Gasteiger partial charge in [0.1, 0.15) is 0 Å². The maximum absolute atomic E-state index is 12.7. The molecule has 4 aromatic rings. The van der Waals surface area contributed by atoms with Crippen LogP contribution in [-0.2, 0) is 10.0 Å². The Hall–Kier alpha value is -3.45. The number of aryl methyl sites for hydroxylation is 1. The Bertz CT molecular complexity index is 1290. The van der Waals surface area contributed by atoms with Gasteiger partial charge in [-0.15, -0.1) is 0 Å². The predicted molar refractivity (Wildman–Crippen MR) is 137 cm³/mol. The summed E-state index contributed by atoms with van der Waals surface area (Å²) in [5, 5.41) is 14.4. The number of sulfonamides is 1. The first kappa shape index (κ1) is 23.7. The third kappa shape index (κ3) is 5.91. The molecule has 5 nitrogen and oxygen atoms in total. The fourth-order valence-corrected chi connectivity index (χ4v) is 4.80. The number of hydrogen-bond donors (Lipinski definition) is 3. The second-order valence-electron chi connectivity index (χ2n) is 8.21. The number of aliphatic hydroxyl groups excluding tert-OH is 1. The van der Waals surface area contributed by atoms with Gasteiger partial charge in [0.15, 0.2) is 0 Å². The first-order chi connectivity index (χ1) is 16.4. The summed E-state index contributed by atoms with van der Waals surface area (Å²) >= 11 is 0. The highest BCUT2D eigenvalue weighted by Crippen LogP contribution is 2.26. The Morgan fingerprint density at radius 1 is 0.735 bits per heavy atom. The van der Waals surface area contributed by atoms with E-state index in [2.05, 4.69) is 22.2 Å². The Morgan fingerprint density at radius 2 is 1.29 bits per heavy atom. The van der Waals surface area contributed by atoms with Gasteiger partial charge in [0, 0.05) is 12.2 Å². The number of anilines is 1. The molecule has 0 bridgehead atoms. The van der Waals surface area contributed by atoms with E-state index in [1.54, 1.807) is 24.3 Å². The summed E-state index contributed by atoms with van der Waals surface area (Å²) in [6, 6.07) is 33.7. The molecule has 4 aromatic carbocycles. The minimum Gasteiger partial charge on any atom is -0.389 e. The van der Waals surface area contributed by atoms with E-state index >= 15 is 0 Å². The molecule has 2 unspecified atom stereocenters. The average Bonchev–Trinajstić information content (AvgIpc) is 2.87. The molecule has 0 aromatic heterocycles. The fourth-order valence-electron chi connectivity index (χ4n) is 3.74. The van der Waals surface area contributed by atoms with Crippen molar-refractivity contribution in [1.82, 2.24) is 4.72 Å². The van der Waals surface area contributed by atoms with Gasteiger partial charge in [0.25, 0.3) is 0 Å². The number of aliphatic hydroxyl groups is 1. The van der Waals surface area contributed by atoms with E-state index < -0.39 is 22.2 Å². The van der Waals surface area contributed by atoms with Crippen molar-refractivity contribution in [2.24, 2.45) is 0 Å². The van der Waals surface area contributed by atoms with Crippen molar-refractivity contribution >= 4 is 15.7 Å². The summed E-state index contributed by atoms with van der Waals surface area (Å²) < 4.78 is 27.9. The summed E-state index contributed by atoms with van der Waals surface area (Å²) in [6.45, 7) is 1.76. The van der Waals surface area contributed by atoms with Gasteiger partial charge in [0.05, 0.1) is 17.0 Å². The standard InChI is InChI=1S/C28H28N2O3S/c1-21-12-18-26(19-13-21)34(32,33)29-20-27(31)28(24-10-6-3-7-11-24)30-25-16-14-23(15-17-25)22-8-4-2-5-9-22/h2-19,27-31H,20H2,1H3. The molecule has 0 saturated heterocycles. The first-order valence-corrected chi connectivity index (χ1v) is 12.6. The number of benzene rings is 4. The predicted octanol–water partition coefficient (Wildman–Crippen LogP) is 5.15. The SMILES string of the molecule is Cc1ccc(S(=O)(=O)NCC(O)C(Nc2ccc(-c3ccccc3)cc2)c2ccccc2)cc1. The monoisotopic (exact) mass is 472 g/mol. The minimum atomic E-state index is -3.73. The Morgan fingerprint density at radius 3 is 1.91 bits per heavy atom. The van der Waals surface area contributed by atoms with Crippen LogP contribution in [0, 0.1) is 6.92 Å². The Balaban J connectivity index is 1.50. The van der Waals surface area contributed by atoms with Crippen LogP contribution in [0.3, 0.4) is 0 Å². The van der Waals surface area contributed by atoms with Crippen LogP contribution >= 0.6 is 0 Å². The van der Waals surface area contributed by atoms with Crippen molar-refractivity contribution in [3.63, 3.8) is 0 Å². The largest absolute Gasteiger partial charge is 0.389 e. The van der Waals surface area contributed by atoms with Crippen LogP contribution in [0.5, 0.6) is 0 Å². The van der Waals surface area contributed by atoms with Gasteiger partial charge in [0.2, 0.25) is 10.0 Å². The summed E-state index contributed by atoms with van der Waals surface area (Å²) in [5.41, 5.74) is 4.88. The van der Waals surface area contributed by atoms with E-state index in [0.717, 1.165) is 27.9 Å². The van der Waals surface area contributed by atoms with Gasteiger partial charge in [-0.1, -0.05) is 90.5 Å². The molecule has 0 saturated carbocycles. The van der Waals surface area contributed by atoms with E-state index in [4.69, 9.17) is 0 Å². The molecule has 0 aliphatic rings. The van der Waals surface area contributed by atoms with Crippen LogP contribution in [-0.4, -0.2) is 26.2 Å². The summed E-state index contributed by atoms with van der Waals surface area (Å²) in [4.78, 5) is 0.172. The highest BCUT2D eigenvalue weighted by molar-refractivity contribution is 7.89. The topological polar surface area (TPSA) is 78.4 Å². The van der Waals surface area contributed by atoms with E-state index in [9.17, 15) is 13.5 Å². The number of nitrogens with one attached hydrogen (secondary N) is 2. The maximum atomic E-state index is 12.7. The molecular weight excluding hydrogens is 444 g/mol. The normalized spacial score (nSPS) is 13.2. The molecule has 0 amide bonds. The zero-order valence-corrected chi connectivity index (χ0v) is 19.7. The van der Waals surface area contributed by atoms with Crippen molar-refractivity contribution in [2.45, 2.75) is 24.0 Å². The molecular formula is C28H28N2O3S. The van der Waals surface area contributed by atoms with Crippen LogP contribution in [0.4, 0.5) is 5.69 Å². The average molecular weight is 473 g/mol. The van der Waals surface area contributed by atoms with Crippen LogP contribution in [0.2, 0.25) is 0 Å². The maximum Gasteiger partial charge on any atom is 0.240 e. The van der Waals surface area contributed by atoms with Gasteiger partial charge >= 0.3 is 0 Å². The molecule has 0 spiro atoms. The molecule has 6 heteroatoms. The lowest BCUT2D eigenvalue weighted by atomic mass is 10.0. The summed E-state index contributed by atoms with van der Waals surface area (Å²) in [6.07, 6.45) is -1.00. The molecule has 3 N–H and O–H groups in total. The van der Waals surface area contributed by atoms with Crippen molar-refractivity contribution in [3.05, 3.63) is 120 Å². The van der Waals surface area contributed by atoms with Crippen LogP contribution in [0.15, 0.2) is 114 Å². The molecule has 2 atom stereocenters. The number of rotatable bonds is 9. The molecule has 0 fully saturated rings. The minimum absolute atomic E-state index is 0.134. The smallest absolute Gasteiger partial charge is 0.240 e. The van der Waals surface area contributed by atoms with Gasteiger partial charge in [-0.25, -0.2) is 13.1 Å². The van der Waals surface area contributed by atoms with E-state index in [1.165, 1.54) is 0 Å². The number of hydrogen-bond acceptors (Lipinski definition) is 4. The first-order valence-electron chi connectivity index (χ1n) is 11.1. The molecule has 34 heavy (non-hydrogen) atoms. The third-order valence-electron chi connectivity index (χ3n) is 5.67. The van der Waals surface area contributed by atoms with Crippen molar-refractivity contribution in [1.29, 1.82) is 0 Å². The fraction of sp³-hybridized carbons (Fsp3) is 0.143. The quantitative estimate of drug-likeness (QED) is 0.315. The molecule has 0 heterocycles. The lowest BCUT2D eigenvalue weighted by Crippen LogP contribution is -2.38. The van der Waals surface area contributed by atoms with E-state index in [0.29, 0.717) is 0 Å². The highest BCUT2D eigenvalue weighted by Gasteiger charge is 2.24. The van der Waals surface area contributed by atoms with Gasteiger partial charge in [-0.3, -0.25) is 0 Å². The van der Waals surface area contributed by atoms with E-state index in [-0.39, 0.29) is 11.4 Å². The van der Waals surface area contributed by atoms with Gasteiger partial charge < -0.3 is 10.4 Å². The summed E-state index contributed by atoms with van der Waals surface area (Å²) in [5.74, 6) is 0. The highest BCUT2D eigenvalue weighted by atomic mass is 32.2. The third-order valence-corrected chi connectivity index (χ3v) is 7.11. The molecule has 174 valence electrons. The zero-order valence-electron chi connectivity index (χ0n) is 18.9. The second kappa shape index (κ2) is 10.7. The molecule has 0 aliphatic heterocycles. The van der Waals surface area contributed by atoms with Crippen molar-refractivity contribution < 1.29 is 13.5 Å². The lowest BCUT2D eigenvalue weighted by Gasteiger charge is -2.26. The molecule has 0 aliphatic carbocycles. The van der Waals surface area contributed by atoms with Crippen molar-refractivity contribution in [3.8, 4) is 11.1 Å². The van der Waals surface area contributed by atoms with Gasteiger partial charge in [-0.05, 0) is 47.9 Å². The van der Waals surface area contributed by atoms with Crippen LogP contribution in [0.25, 0.3) is 11.1 Å². The second-order valence-corrected chi connectivity index (χ2v) is 9.98. The van der Waals surface area contributed by atoms with Crippen LogP contribution < -0.4 is 10.0 Å². The zero-order chi connectivity index (χ0) is 24.0. The lowest BCUT2D eigenvalue weighted by molar-refractivity contribution is 0.156. The molecule has 4 rings (SSSR count). The Labute approximate surface area is 201 Å². The Kier molecular flexibility index (Phi) is 7.43. The summed E-state index contributed by atoms with van der Waals surface area (Å²) in [7, 11) is -3.73.